The minimum atomic E-state index is 0.665. The van der Waals surface area contributed by atoms with Crippen molar-refractivity contribution in [2.24, 2.45) is 4.99 Å². The minimum absolute atomic E-state index is 0.665. The number of aliphatic imine (C=N–C) groups is 1. The largest absolute Gasteiger partial charge is 0.349 e. The lowest BCUT2D eigenvalue weighted by molar-refractivity contribution is 0.484. The third-order valence-electron chi connectivity index (χ3n) is 1.87. The Hall–Kier alpha value is -1.22. The van der Waals surface area contributed by atoms with Gasteiger partial charge in [0.1, 0.15) is 0 Å². The number of benzene rings is 1. The molecule has 15 heavy (non-hydrogen) atoms. The number of hydrogen-bond acceptors (Lipinski definition) is 1. The lowest BCUT2D eigenvalue weighted by Gasteiger charge is -2.22. The van der Waals surface area contributed by atoms with Gasteiger partial charge in [0.25, 0.3) is 0 Å². The van der Waals surface area contributed by atoms with Crippen LogP contribution in [0, 0.1) is 0 Å². The highest BCUT2D eigenvalue weighted by Crippen LogP contribution is 2.24. The van der Waals surface area contributed by atoms with Gasteiger partial charge in [0, 0.05) is 28.2 Å². The second kappa shape index (κ2) is 5.03. The maximum atomic E-state index is 6.03. The lowest BCUT2D eigenvalue weighted by Crippen LogP contribution is -2.35. The second-order valence-electron chi connectivity index (χ2n) is 3.65. The van der Waals surface area contributed by atoms with Crippen molar-refractivity contribution in [3.05, 3.63) is 29.3 Å². The van der Waals surface area contributed by atoms with Crippen molar-refractivity contribution in [3.8, 4) is 0 Å². The zero-order valence-corrected chi connectivity index (χ0v) is 10.3. The van der Waals surface area contributed by atoms with Crippen LogP contribution in [0.5, 0.6) is 0 Å². The van der Waals surface area contributed by atoms with Crippen molar-refractivity contribution in [2.75, 3.05) is 28.2 Å². The highest BCUT2D eigenvalue weighted by atomic mass is 35.5. The number of halogens is 1. The van der Waals surface area contributed by atoms with Gasteiger partial charge in [0.15, 0.2) is 0 Å². The molecule has 0 aliphatic heterocycles. The van der Waals surface area contributed by atoms with Gasteiger partial charge in [-0.15, -0.1) is 0 Å². The van der Waals surface area contributed by atoms with Gasteiger partial charge in [-0.3, -0.25) is 0 Å². The van der Waals surface area contributed by atoms with Gasteiger partial charge in [-0.05, 0) is 12.1 Å². The molecule has 0 heterocycles. The Labute approximate surface area is 96.0 Å². The summed E-state index contributed by atoms with van der Waals surface area (Å²) in [6, 6.07) is 7.55. The summed E-state index contributed by atoms with van der Waals surface area (Å²) < 4.78 is 0. The fraction of sp³-hybridized carbons (Fsp3) is 0.364. The highest BCUT2D eigenvalue weighted by Gasteiger charge is 2.05. The first kappa shape index (κ1) is 11.9. The van der Waals surface area contributed by atoms with E-state index in [1.54, 1.807) is 0 Å². The topological polar surface area (TPSA) is 18.8 Å². The number of hydrogen-bond donors (Lipinski definition) is 0. The quantitative estimate of drug-likeness (QED) is 0.540. The predicted octanol–water partition coefficient (Wildman–Crippen LogP) is 2.45. The highest BCUT2D eigenvalue weighted by molar-refractivity contribution is 6.33. The first-order valence-corrected chi connectivity index (χ1v) is 5.08. The van der Waals surface area contributed by atoms with E-state index >= 15 is 0 Å². The first-order chi connectivity index (χ1) is 7.02. The molecule has 0 unspecified atom stereocenters. The molecule has 0 aromatic heterocycles. The van der Waals surface area contributed by atoms with Gasteiger partial charge in [0.2, 0.25) is 5.96 Å². The Morgan fingerprint density at radius 1 is 1.07 bits per heavy atom. The van der Waals surface area contributed by atoms with Crippen LogP contribution in [0.15, 0.2) is 29.3 Å². The van der Waals surface area contributed by atoms with E-state index in [0.29, 0.717) is 5.02 Å². The predicted molar refractivity (Wildman–Crippen MR) is 65.9 cm³/mol. The van der Waals surface area contributed by atoms with Gasteiger partial charge >= 0.3 is 0 Å². The lowest BCUT2D eigenvalue weighted by atomic mass is 10.3. The van der Waals surface area contributed by atoms with Crippen LogP contribution >= 0.6 is 11.6 Å². The summed E-state index contributed by atoms with van der Waals surface area (Å²) in [7, 11) is 7.82. The molecule has 0 saturated heterocycles. The van der Waals surface area contributed by atoms with Crippen molar-refractivity contribution < 1.29 is 0 Å². The van der Waals surface area contributed by atoms with Crippen molar-refractivity contribution in [1.82, 2.24) is 9.80 Å². The van der Waals surface area contributed by atoms with Gasteiger partial charge in [-0.1, -0.05) is 23.7 Å². The first-order valence-electron chi connectivity index (χ1n) is 4.70. The third kappa shape index (κ3) is 3.13. The molecule has 0 aliphatic rings. The molecule has 0 radical (unpaired) electrons. The Morgan fingerprint density at radius 3 is 2.07 bits per heavy atom. The van der Waals surface area contributed by atoms with E-state index in [2.05, 4.69) is 4.99 Å². The molecule has 0 fully saturated rings. The maximum Gasteiger partial charge on any atom is 0.200 e. The van der Waals surface area contributed by atoms with E-state index < -0.39 is 0 Å². The molecule has 1 rings (SSSR count). The van der Waals surface area contributed by atoms with Gasteiger partial charge < -0.3 is 9.80 Å². The molecule has 0 bridgehead atoms. The van der Waals surface area contributed by atoms with Gasteiger partial charge in [-0.2, -0.15) is 0 Å². The Balaban J connectivity index is 3.08. The van der Waals surface area contributed by atoms with E-state index in [9.17, 15) is 0 Å². The summed E-state index contributed by atoms with van der Waals surface area (Å²) in [6.07, 6.45) is 0. The number of nitrogens with zero attached hydrogens (tertiary/aromatic N) is 3. The fourth-order valence-electron chi connectivity index (χ4n) is 1.25. The van der Waals surface area contributed by atoms with Crippen LogP contribution in [0.3, 0.4) is 0 Å². The summed E-state index contributed by atoms with van der Waals surface area (Å²) in [6.45, 7) is 0. The standard InChI is InChI=1S/C11H16ClN3/c1-14(2)11(15(3)4)13-10-8-6-5-7-9(10)12/h5-8H,1-4H3. The molecule has 0 atom stereocenters. The third-order valence-corrected chi connectivity index (χ3v) is 2.19. The van der Waals surface area contributed by atoms with Crippen LogP contribution in [0.2, 0.25) is 5.02 Å². The molecule has 0 N–H and O–H groups in total. The summed E-state index contributed by atoms with van der Waals surface area (Å²) in [5, 5.41) is 0.665. The molecular formula is C11H16ClN3. The Bertz CT molecular complexity index is 349. The summed E-state index contributed by atoms with van der Waals surface area (Å²) in [5.74, 6) is 0.864. The summed E-state index contributed by atoms with van der Waals surface area (Å²) >= 11 is 6.03. The van der Waals surface area contributed by atoms with E-state index in [-0.39, 0.29) is 0 Å². The summed E-state index contributed by atoms with van der Waals surface area (Å²) in [5.41, 5.74) is 0.788. The van der Waals surface area contributed by atoms with Crippen LogP contribution in [0.25, 0.3) is 0 Å². The maximum absolute atomic E-state index is 6.03. The molecule has 0 saturated carbocycles. The van der Waals surface area contributed by atoms with Crippen LogP contribution in [-0.2, 0) is 0 Å². The van der Waals surface area contributed by atoms with Gasteiger partial charge in [0.05, 0.1) is 10.7 Å². The normalized spacial score (nSPS) is 9.67. The molecule has 0 aliphatic carbocycles. The molecule has 0 spiro atoms. The average molecular weight is 226 g/mol. The van der Waals surface area contributed by atoms with Crippen molar-refractivity contribution in [3.63, 3.8) is 0 Å². The SMILES string of the molecule is CN(C)C(=Nc1ccccc1Cl)N(C)C. The van der Waals surface area contributed by atoms with Crippen molar-refractivity contribution in [2.45, 2.75) is 0 Å². The van der Waals surface area contributed by atoms with E-state index in [0.717, 1.165) is 11.6 Å². The number of guanidine groups is 1. The number of para-hydroxylation sites is 1. The summed E-state index contributed by atoms with van der Waals surface area (Å²) in [4.78, 5) is 8.39. The van der Waals surface area contributed by atoms with Crippen LogP contribution in [-0.4, -0.2) is 44.0 Å². The van der Waals surface area contributed by atoms with Crippen LogP contribution < -0.4 is 0 Å². The van der Waals surface area contributed by atoms with Crippen LogP contribution in [0.4, 0.5) is 5.69 Å². The average Bonchev–Trinajstić information content (AvgIpc) is 2.15. The molecule has 0 amide bonds. The Kier molecular flexibility index (Phi) is 3.97. The molecule has 3 nitrogen and oxygen atoms in total. The van der Waals surface area contributed by atoms with E-state index in [4.69, 9.17) is 11.6 Å². The van der Waals surface area contributed by atoms with Crippen molar-refractivity contribution in [1.29, 1.82) is 0 Å². The molecule has 82 valence electrons. The Morgan fingerprint density at radius 2 is 1.60 bits per heavy atom. The smallest absolute Gasteiger partial charge is 0.200 e. The zero-order chi connectivity index (χ0) is 11.4. The van der Waals surface area contributed by atoms with Crippen molar-refractivity contribution >= 4 is 23.2 Å². The van der Waals surface area contributed by atoms with Crippen LogP contribution in [0.1, 0.15) is 0 Å². The molecule has 1 aromatic rings. The molecular weight excluding hydrogens is 210 g/mol. The zero-order valence-electron chi connectivity index (χ0n) is 9.53. The van der Waals surface area contributed by atoms with E-state index in [1.807, 2.05) is 62.3 Å². The molecule has 1 aromatic carbocycles. The minimum Gasteiger partial charge on any atom is -0.349 e. The second-order valence-corrected chi connectivity index (χ2v) is 4.06. The fourth-order valence-corrected chi connectivity index (χ4v) is 1.43. The monoisotopic (exact) mass is 225 g/mol. The number of rotatable bonds is 1. The molecule has 4 heteroatoms. The van der Waals surface area contributed by atoms with E-state index in [1.165, 1.54) is 0 Å². The van der Waals surface area contributed by atoms with Gasteiger partial charge in [-0.25, -0.2) is 4.99 Å².